The van der Waals surface area contributed by atoms with Gasteiger partial charge in [-0.3, -0.25) is 14.6 Å². The molecule has 138 valence electrons. The lowest BCUT2D eigenvalue weighted by atomic mass is 10.2. The summed E-state index contributed by atoms with van der Waals surface area (Å²) in [5, 5.41) is 3.58. The van der Waals surface area contributed by atoms with E-state index in [2.05, 4.69) is 15.1 Å². The third-order valence-corrected chi connectivity index (χ3v) is 5.20. The molecule has 0 aliphatic carbocycles. The molecular weight excluding hydrogens is 376 g/mol. The molecule has 1 saturated heterocycles. The summed E-state index contributed by atoms with van der Waals surface area (Å²) in [6.45, 7) is 4.44. The summed E-state index contributed by atoms with van der Waals surface area (Å²) >= 11 is 12.1. The van der Waals surface area contributed by atoms with Crippen LogP contribution in [-0.4, -0.2) is 48.4 Å². The van der Waals surface area contributed by atoms with E-state index in [-0.39, 0.29) is 11.7 Å². The van der Waals surface area contributed by atoms with Gasteiger partial charge in [0.2, 0.25) is 5.91 Å². The molecule has 0 aromatic heterocycles. The molecule has 4 nitrogen and oxygen atoms in total. The molecule has 0 saturated carbocycles. The van der Waals surface area contributed by atoms with Gasteiger partial charge in [0, 0.05) is 32.7 Å². The summed E-state index contributed by atoms with van der Waals surface area (Å²) < 4.78 is 13.0. The zero-order valence-corrected chi connectivity index (χ0v) is 15.7. The van der Waals surface area contributed by atoms with E-state index in [0.29, 0.717) is 22.3 Å². The highest BCUT2D eigenvalue weighted by molar-refractivity contribution is 6.43. The zero-order chi connectivity index (χ0) is 18.5. The van der Waals surface area contributed by atoms with Gasteiger partial charge in [0.25, 0.3) is 0 Å². The quantitative estimate of drug-likeness (QED) is 0.833. The summed E-state index contributed by atoms with van der Waals surface area (Å²) in [5.41, 5.74) is 1.62. The van der Waals surface area contributed by atoms with E-state index in [1.807, 2.05) is 12.1 Å². The number of anilines is 1. The number of carbonyl (C=O) groups is 1. The first-order chi connectivity index (χ1) is 12.5. The van der Waals surface area contributed by atoms with Crippen LogP contribution in [0.15, 0.2) is 42.5 Å². The number of nitrogens with zero attached hydrogens (tertiary/aromatic N) is 2. The Kier molecular flexibility index (Phi) is 6.48. The molecule has 1 aliphatic heterocycles. The maximum Gasteiger partial charge on any atom is 0.238 e. The summed E-state index contributed by atoms with van der Waals surface area (Å²) in [6, 6.07) is 11.7. The van der Waals surface area contributed by atoms with E-state index in [9.17, 15) is 9.18 Å². The van der Waals surface area contributed by atoms with Gasteiger partial charge in [0.05, 0.1) is 22.3 Å². The second-order valence-electron chi connectivity index (χ2n) is 6.33. The van der Waals surface area contributed by atoms with Crippen LogP contribution in [0.2, 0.25) is 10.0 Å². The average molecular weight is 396 g/mol. The van der Waals surface area contributed by atoms with Crippen molar-refractivity contribution in [2.45, 2.75) is 6.54 Å². The molecule has 0 unspecified atom stereocenters. The number of benzene rings is 2. The fourth-order valence-electron chi connectivity index (χ4n) is 2.95. The minimum Gasteiger partial charge on any atom is -0.324 e. The Morgan fingerprint density at radius 3 is 2.35 bits per heavy atom. The fourth-order valence-corrected chi connectivity index (χ4v) is 3.29. The molecule has 1 fully saturated rings. The van der Waals surface area contributed by atoms with E-state index in [0.717, 1.165) is 38.3 Å². The van der Waals surface area contributed by atoms with Crippen molar-refractivity contribution in [1.29, 1.82) is 0 Å². The van der Waals surface area contributed by atoms with Gasteiger partial charge in [0.15, 0.2) is 0 Å². The van der Waals surface area contributed by atoms with Crippen molar-refractivity contribution in [3.05, 3.63) is 63.9 Å². The number of halogens is 3. The molecule has 0 bridgehead atoms. The van der Waals surface area contributed by atoms with Crippen LogP contribution in [0.4, 0.5) is 10.1 Å². The van der Waals surface area contributed by atoms with Crippen molar-refractivity contribution in [2.75, 3.05) is 38.0 Å². The predicted octanol–water partition coefficient (Wildman–Crippen LogP) is 3.89. The first-order valence-electron chi connectivity index (χ1n) is 8.44. The van der Waals surface area contributed by atoms with Gasteiger partial charge in [0.1, 0.15) is 5.82 Å². The average Bonchev–Trinajstić information content (AvgIpc) is 2.62. The molecule has 2 aromatic carbocycles. The molecular formula is C19H20Cl2FN3O. The summed E-state index contributed by atoms with van der Waals surface area (Å²) in [7, 11) is 0. The molecule has 3 rings (SSSR count). The lowest BCUT2D eigenvalue weighted by Gasteiger charge is -2.34. The van der Waals surface area contributed by atoms with Crippen molar-refractivity contribution < 1.29 is 9.18 Å². The van der Waals surface area contributed by atoms with Gasteiger partial charge in [-0.1, -0.05) is 41.4 Å². The summed E-state index contributed by atoms with van der Waals surface area (Å²) in [4.78, 5) is 16.7. The van der Waals surface area contributed by atoms with Crippen molar-refractivity contribution in [2.24, 2.45) is 0 Å². The van der Waals surface area contributed by atoms with E-state index in [1.165, 1.54) is 12.1 Å². The number of nitrogens with one attached hydrogen (secondary N) is 1. The molecule has 0 spiro atoms. The van der Waals surface area contributed by atoms with E-state index < -0.39 is 0 Å². The SMILES string of the molecule is O=C(CN1CCN(Cc2ccc(F)cc2)CC1)Nc1cccc(Cl)c1Cl. The maximum absolute atomic E-state index is 13.0. The van der Waals surface area contributed by atoms with Gasteiger partial charge in [-0.2, -0.15) is 0 Å². The van der Waals surface area contributed by atoms with Gasteiger partial charge < -0.3 is 5.32 Å². The highest BCUT2D eigenvalue weighted by atomic mass is 35.5. The van der Waals surface area contributed by atoms with Crippen LogP contribution in [0.25, 0.3) is 0 Å². The number of carbonyl (C=O) groups excluding carboxylic acids is 1. The number of piperazine rings is 1. The number of rotatable bonds is 5. The van der Waals surface area contributed by atoms with Gasteiger partial charge in [-0.25, -0.2) is 4.39 Å². The maximum atomic E-state index is 13.0. The topological polar surface area (TPSA) is 35.6 Å². The van der Waals surface area contributed by atoms with Crippen molar-refractivity contribution >= 4 is 34.8 Å². The van der Waals surface area contributed by atoms with Crippen LogP contribution in [0.5, 0.6) is 0 Å². The number of hydrogen-bond donors (Lipinski definition) is 1. The Balaban J connectivity index is 1.45. The second-order valence-corrected chi connectivity index (χ2v) is 7.11. The highest BCUT2D eigenvalue weighted by Gasteiger charge is 2.19. The third kappa shape index (κ3) is 5.17. The molecule has 0 atom stereocenters. The minimum atomic E-state index is -0.218. The largest absolute Gasteiger partial charge is 0.324 e. The van der Waals surface area contributed by atoms with Crippen LogP contribution in [0.3, 0.4) is 0 Å². The second kappa shape index (κ2) is 8.82. The Labute approximate surface area is 162 Å². The lowest BCUT2D eigenvalue weighted by Crippen LogP contribution is -2.48. The Morgan fingerprint density at radius 2 is 1.65 bits per heavy atom. The monoisotopic (exact) mass is 395 g/mol. The van der Waals surface area contributed by atoms with Crippen LogP contribution in [0, 0.1) is 5.82 Å². The predicted molar refractivity (Wildman–Crippen MR) is 103 cm³/mol. The molecule has 0 radical (unpaired) electrons. The molecule has 2 aromatic rings. The van der Waals surface area contributed by atoms with E-state index in [1.54, 1.807) is 18.2 Å². The molecule has 1 N–H and O–H groups in total. The Bertz CT molecular complexity index is 762. The molecule has 1 amide bonds. The Morgan fingerprint density at radius 1 is 1.00 bits per heavy atom. The van der Waals surface area contributed by atoms with Crippen molar-refractivity contribution in [3.63, 3.8) is 0 Å². The number of hydrogen-bond acceptors (Lipinski definition) is 3. The van der Waals surface area contributed by atoms with E-state index >= 15 is 0 Å². The van der Waals surface area contributed by atoms with Crippen LogP contribution in [-0.2, 0) is 11.3 Å². The summed E-state index contributed by atoms with van der Waals surface area (Å²) in [6.07, 6.45) is 0. The third-order valence-electron chi connectivity index (χ3n) is 4.38. The van der Waals surface area contributed by atoms with Crippen LogP contribution in [0.1, 0.15) is 5.56 Å². The van der Waals surface area contributed by atoms with Crippen LogP contribution >= 0.6 is 23.2 Å². The lowest BCUT2D eigenvalue weighted by molar-refractivity contribution is -0.117. The Hall–Kier alpha value is -1.66. The van der Waals surface area contributed by atoms with Gasteiger partial charge in [-0.15, -0.1) is 0 Å². The normalized spacial score (nSPS) is 15.8. The van der Waals surface area contributed by atoms with Gasteiger partial charge in [-0.05, 0) is 29.8 Å². The smallest absolute Gasteiger partial charge is 0.238 e. The van der Waals surface area contributed by atoms with Crippen LogP contribution < -0.4 is 5.32 Å². The molecule has 7 heteroatoms. The fraction of sp³-hybridized carbons (Fsp3) is 0.316. The van der Waals surface area contributed by atoms with Gasteiger partial charge >= 0.3 is 0 Å². The standard InChI is InChI=1S/C19H20Cl2FN3O/c20-16-2-1-3-17(19(16)21)23-18(26)13-25-10-8-24(9-11-25)12-14-4-6-15(22)7-5-14/h1-7H,8-13H2,(H,23,26). The highest BCUT2D eigenvalue weighted by Crippen LogP contribution is 2.29. The number of amides is 1. The van der Waals surface area contributed by atoms with E-state index in [4.69, 9.17) is 23.2 Å². The molecule has 1 heterocycles. The zero-order valence-electron chi connectivity index (χ0n) is 14.2. The van der Waals surface area contributed by atoms with Crippen molar-refractivity contribution in [1.82, 2.24) is 9.80 Å². The van der Waals surface area contributed by atoms with Crippen molar-refractivity contribution in [3.8, 4) is 0 Å². The summed E-state index contributed by atoms with van der Waals surface area (Å²) in [5.74, 6) is -0.328. The first kappa shape index (κ1) is 19.1. The minimum absolute atomic E-state index is 0.110. The first-order valence-corrected chi connectivity index (χ1v) is 9.20. The molecule has 26 heavy (non-hydrogen) atoms. The molecule has 1 aliphatic rings.